The normalized spacial score (nSPS) is 11.8. The zero-order chi connectivity index (χ0) is 18.7. The highest BCUT2D eigenvalue weighted by atomic mass is 19.4. The molecule has 1 N–H and O–H groups in total. The molecule has 7 heteroatoms. The second-order valence-corrected chi connectivity index (χ2v) is 5.39. The molecule has 0 fully saturated rings. The topological polar surface area (TPSA) is 59.4 Å². The predicted octanol–water partition coefficient (Wildman–Crippen LogP) is 5.00. The van der Waals surface area contributed by atoms with Gasteiger partial charge in [-0.2, -0.15) is 0 Å². The fourth-order valence-electron chi connectivity index (χ4n) is 2.43. The third-order valence-electron chi connectivity index (χ3n) is 3.58. The van der Waals surface area contributed by atoms with Gasteiger partial charge >= 0.3 is 12.3 Å². The summed E-state index contributed by atoms with van der Waals surface area (Å²) < 4.78 is 40.3. The molecule has 26 heavy (non-hydrogen) atoms. The largest absolute Gasteiger partial charge is 0.573 e. The van der Waals surface area contributed by atoms with Gasteiger partial charge in [-0.3, -0.25) is 4.98 Å². The highest BCUT2D eigenvalue weighted by molar-refractivity contribution is 6.03. The van der Waals surface area contributed by atoms with Crippen LogP contribution in [0.2, 0.25) is 0 Å². The first-order valence-electron chi connectivity index (χ1n) is 7.48. The Hall–Kier alpha value is -3.35. The predicted molar refractivity (Wildman–Crippen MR) is 90.8 cm³/mol. The monoisotopic (exact) mass is 359 g/mol. The van der Waals surface area contributed by atoms with Gasteiger partial charge in [-0.05, 0) is 41.5 Å². The summed E-state index contributed by atoms with van der Waals surface area (Å²) in [4.78, 5) is 15.4. The lowest BCUT2D eigenvalue weighted by atomic mass is 10.0. The molecule has 4 nitrogen and oxygen atoms in total. The Morgan fingerprint density at radius 2 is 1.65 bits per heavy atom. The molecule has 0 aliphatic heterocycles. The first-order valence-corrected chi connectivity index (χ1v) is 7.48. The van der Waals surface area contributed by atoms with E-state index in [1.54, 1.807) is 30.4 Å². The van der Waals surface area contributed by atoms with Crippen molar-refractivity contribution in [2.75, 3.05) is 0 Å². The number of alkyl halides is 3. The van der Waals surface area contributed by atoms with Crippen LogP contribution in [-0.4, -0.2) is 22.4 Å². The number of nitrogens with zero attached hydrogens (tertiary/aromatic N) is 1. The maximum atomic E-state index is 12.1. The van der Waals surface area contributed by atoms with Gasteiger partial charge in [-0.25, -0.2) is 4.79 Å². The van der Waals surface area contributed by atoms with E-state index >= 15 is 0 Å². The molecule has 132 valence electrons. The van der Waals surface area contributed by atoms with Crippen LogP contribution in [0.4, 0.5) is 13.2 Å². The minimum Gasteiger partial charge on any atom is -0.478 e. The fraction of sp³-hybridized carbons (Fsp3) is 0.0526. The summed E-state index contributed by atoms with van der Waals surface area (Å²) in [6.07, 6.45) is 0.150. The van der Waals surface area contributed by atoms with Crippen LogP contribution >= 0.6 is 0 Å². The average molecular weight is 359 g/mol. The van der Waals surface area contributed by atoms with Gasteiger partial charge in [0.15, 0.2) is 0 Å². The Balaban J connectivity index is 1.84. The van der Waals surface area contributed by atoms with Gasteiger partial charge in [-0.15, -0.1) is 13.2 Å². The molecular formula is C19H12F3NO3. The van der Waals surface area contributed by atoms with E-state index < -0.39 is 12.3 Å². The summed E-state index contributed by atoms with van der Waals surface area (Å²) >= 11 is 0. The van der Waals surface area contributed by atoms with E-state index in [9.17, 15) is 23.1 Å². The van der Waals surface area contributed by atoms with Gasteiger partial charge < -0.3 is 9.84 Å². The number of fused-ring (bicyclic) bond motifs is 1. The van der Waals surface area contributed by atoms with Crippen molar-refractivity contribution in [1.82, 2.24) is 4.98 Å². The van der Waals surface area contributed by atoms with Gasteiger partial charge in [0.2, 0.25) is 0 Å². The van der Waals surface area contributed by atoms with Crippen molar-refractivity contribution in [3.63, 3.8) is 0 Å². The number of pyridine rings is 1. The molecule has 0 atom stereocenters. The fourth-order valence-corrected chi connectivity index (χ4v) is 2.43. The van der Waals surface area contributed by atoms with Crippen molar-refractivity contribution in [3.8, 4) is 5.75 Å². The number of carboxylic acid groups (broad SMARTS) is 1. The Labute approximate surface area is 146 Å². The molecule has 3 aromatic rings. The van der Waals surface area contributed by atoms with Gasteiger partial charge in [0.1, 0.15) is 5.75 Å². The smallest absolute Gasteiger partial charge is 0.478 e. The second kappa shape index (κ2) is 6.87. The zero-order valence-electron chi connectivity index (χ0n) is 13.2. The lowest BCUT2D eigenvalue weighted by molar-refractivity contribution is -0.274. The Kier molecular flexibility index (Phi) is 4.62. The minimum atomic E-state index is -4.72. The number of carbonyl (C=O) groups is 1. The molecule has 3 rings (SSSR count). The van der Waals surface area contributed by atoms with Crippen LogP contribution in [0.15, 0.2) is 54.7 Å². The van der Waals surface area contributed by atoms with E-state index in [1.807, 2.05) is 0 Å². The van der Waals surface area contributed by atoms with Crippen LogP contribution in [0.25, 0.3) is 23.1 Å². The van der Waals surface area contributed by atoms with Crippen LogP contribution in [0, 0.1) is 0 Å². The van der Waals surface area contributed by atoms with Crippen LogP contribution in [0.5, 0.6) is 5.75 Å². The molecular weight excluding hydrogens is 347 g/mol. The van der Waals surface area contributed by atoms with E-state index in [0.29, 0.717) is 16.5 Å². The zero-order valence-corrected chi connectivity index (χ0v) is 13.2. The van der Waals surface area contributed by atoms with Crippen LogP contribution in [0.3, 0.4) is 0 Å². The highest BCUT2D eigenvalue weighted by Crippen LogP contribution is 2.24. The Morgan fingerprint density at radius 3 is 2.31 bits per heavy atom. The quantitative estimate of drug-likeness (QED) is 0.666. The summed E-state index contributed by atoms with van der Waals surface area (Å²) in [7, 11) is 0. The standard InChI is InChI=1S/C19H12F3NO3/c20-19(21,22)26-14-6-3-12(4-7-14)1-2-13-5-8-17-16(11-13)15(18(24)25)9-10-23-17/h1-11H,(H,24,25). The van der Waals surface area contributed by atoms with Crippen molar-refractivity contribution in [3.05, 3.63) is 71.4 Å². The summed E-state index contributed by atoms with van der Waals surface area (Å²) in [5.41, 5.74) is 2.13. The third kappa shape index (κ3) is 4.18. The number of hydrogen-bond donors (Lipinski definition) is 1. The molecule has 0 spiro atoms. The van der Waals surface area contributed by atoms with Crippen LogP contribution in [-0.2, 0) is 0 Å². The summed E-state index contributed by atoms with van der Waals surface area (Å²) in [6, 6.07) is 12.0. The molecule has 0 radical (unpaired) electrons. The van der Waals surface area contributed by atoms with Crippen molar-refractivity contribution in [2.45, 2.75) is 6.36 Å². The van der Waals surface area contributed by atoms with Gasteiger partial charge in [-0.1, -0.05) is 30.4 Å². The summed E-state index contributed by atoms with van der Waals surface area (Å²) in [6.45, 7) is 0. The Bertz CT molecular complexity index is 979. The molecule has 0 aliphatic rings. The third-order valence-corrected chi connectivity index (χ3v) is 3.58. The van der Waals surface area contributed by atoms with Crippen molar-refractivity contribution in [1.29, 1.82) is 0 Å². The van der Waals surface area contributed by atoms with E-state index in [4.69, 9.17) is 0 Å². The number of halogens is 3. The number of carboxylic acids is 1. The number of hydrogen-bond acceptors (Lipinski definition) is 3. The summed E-state index contributed by atoms with van der Waals surface area (Å²) in [5.74, 6) is -1.34. The SMILES string of the molecule is O=C(O)c1ccnc2ccc(C=Cc3ccc(OC(F)(F)F)cc3)cc12. The maximum Gasteiger partial charge on any atom is 0.573 e. The van der Waals surface area contributed by atoms with Gasteiger partial charge in [0, 0.05) is 11.6 Å². The minimum absolute atomic E-state index is 0.152. The van der Waals surface area contributed by atoms with Crippen molar-refractivity contribution < 1.29 is 27.8 Å². The van der Waals surface area contributed by atoms with E-state index in [0.717, 1.165) is 5.56 Å². The number of aromatic nitrogens is 1. The molecule has 0 aliphatic carbocycles. The number of ether oxygens (including phenoxy) is 1. The molecule has 0 unspecified atom stereocenters. The first-order chi connectivity index (χ1) is 12.3. The molecule has 0 saturated heterocycles. The van der Waals surface area contributed by atoms with Gasteiger partial charge in [0.05, 0.1) is 11.1 Å². The number of rotatable bonds is 4. The molecule has 2 aromatic carbocycles. The van der Waals surface area contributed by atoms with E-state index in [2.05, 4.69) is 9.72 Å². The lowest BCUT2D eigenvalue weighted by Gasteiger charge is -2.08. The number of benzene rings is 2. The molecule has 1 aromatic heterocycles. The average Bonchev–Trinajstić information content (AvgIpc) is 2.59. The van der Waals surface area contributed by atoms with Gasteiger partial charge in [0.25, 0.3) is 0 Å². The molecule has 0 bridgehead atoms. The Morgan fingerprint density at radius 1 is 1.00 bits per heavy atom. The molecule has 1 heterocycles. The second-order valence-electron chi connectivity index (χ2n) is 5.39. The van der Waals surface area contributed by atoms with E-state index in [1.165, 1.54) is 36.5 Å². The first kappa shape index (κ1) is 17.5. The number of aromatic carboxylic acids is 1. The summed E-state index contributed by atoms with van der Waals surface area (Å²) in [5, 5.41) is 9.76. The molecule has 0 saturated carbocycles. The highest BCUT2D eigenvalue weighted by Gasteiger charge is 2.30. The maximum absolute atomic E-state index is 12.1. The van der Waals surface area contributed by atoms with E-state index in [-0.39, 0.29) is 11.3 Å². The molecule has 0 amide bonds. The van der Waals surface area contributed by atoms with Crippen molar-refractivity contribution in [2.24, 2.45) is 0 Å². The van der Waals surface area contributed by atoms with Crippen LogP contribution in [0.1, 0.15) is 21.5 Å². The lowest BCUT2D eigenvalue weighted by Crippen LogP contribution is -2.16. The van der Waals surface area contributed by atoms with Crippen LogP contribution < -0.4 is 4.74 Å². The van der Waals surface area contributed by atoms with Crippen molar-refractivity contribution >= 4 is 29.0 Å².